The van der Waals surface area contributed by atoms with Crippen LogP contribution in [0.2, 0.25) is 0 Å². The highest BCUT2D eigenvalue weighted by atomic mass is 16.2. The van der Waals surface area contributed by atoms with Crippen LogP contribution < -0.4 is 10.2 Å². The molecule has 1 fully saturated rings. The number of pyridine rings is 2. The molecule has 0 bridgehead atoms. The fourth-order valence-corrected chi connectivity index (χ4v) is 4.19. The van der Waals surface area contributed by atoms with Gasteiger partial charge in [0.25, 0.3) is 5.91 Å². The van der Waals surface area contributed by atoms with E-state index in [9.17, 15) is 9.59 Å². The predicted molar refractivity (Wildman–Crippen MR) is 124 cm³/mol. The molecule has 6 heteroatoms. The van der Waals surface area contributed by atoms with E-state index in [1.807, 2.05) is 31.2 Å². The summed E-state index contributed by atoms with van der Waals surface area (Å²) in [6.07, 6.45) is 10.2. The SMILES string of the molecule is Cc1ccc([C@H](C(=O)NC2CCCCC2)N(C(=O)c2ccccn2)c2cccnc2)cc1. The van der Waals surface area contributed by atoms with Gasteiger partial charge in [0.05, 0.1) is 11.9 Å². The molecule has 0 aliphatic heterocycles. The Morgan fingerprint density at radius 3 is 2.41 bits per heavy atom. The average molecular weight is 429 g/mol. The summed E-state index contributed by atoms with van der Waals surface area (Å²) in [6, 6.07) is 15.8. The van der Waals surface area contributed by atoms with E-state index in [-0.39, 0.29) is 23.6 Å². The van der Waals surface area contributed by atoms with Crippen molar-refractivity contribution < 1.29 is 9.59 Å². The van der Waals surface area contributed by atoms with E-state index in [1.54, 1.807) is 48.9 Å². The average Bonchev–Trinajstić information content (AvgIpc) is 2.84. The molecular formula is C26H28N4O2. The van der Waals surface area contributed by atoms with Crippen LogP contribution in [0, 0.1) is 6.92 Å². The molecule has 3 aromatic rings. The molecule has 2 amide bonds. The van der Waals surface area contributed by atoms with Crippen molar-refractivity contribution in [2.45, 2.75) is 51.1 Å². The van der Waals surface area contributed by atoms with E-state index in [4.69, 9.17) is 0 Å². The third-order valence-electron chi connectivity index (χ3n) is 5.88. The minimum absolute atomic E-state index is 0.130. The van der Waals surface area contributed by atoms with Gasteiger partial charge >= 0.3 is 0 Å². The first-order chi connectivity index (χ1) is 15.6. The molecule has 164 valence electrons. The molecular weight excluding hydrogens is 400 g/mol. The number of anilines is 1. The fourth-order valence-electron chi connectivity index (χ4n) is 4.19. The summed E-state index contributed by atoms with van der Waals surface area (Å²) in [7, 11) is 0. The van der Waals surface area contributed by atoms with Gasteiger partial charge in [0, 0.05) is 18.4 Å². The van der Waals surface area contributed by atoms with Crippen molar-refractivity contribution in [3.8, 4) is 0 Å². The van der Waals surface area contributed by atoms with Crippen LogP contribution in [0.3, 0.4) is 0 Å². The van der Waals surface area contributed by atoms with E-state index in [1.165, 1.54) is 11.3 Å². The first-order valence-corrected chi connectivity index (χ1v) is 11.1. The number of hydrogen-bond donors (Lipinski definition) is 1. The molecule has 1 atom stereocenters. The summed E-state index contributed by atoms with van der Waals surface area (Å²) >= 11 is 0. The van der Waals surface area contributed by atoms with Crippen molar-refractivity contribution in [2.24, 2.45) is 0 Å². The Hall–Kier alpha value is -3.54. The number of aromatic nitrogens is 2. The number of carbonyl (C=O) groups excluding carboxylic acids is 2. The maximum atomic E-state index is 13.7. The standard InChI is InChI=1S/C26H28N4O2/c1-19-12-14-20(15-13-19)24(25(31)29-21-8-3-2-4-9-21)30(22-10-7-16-27-18-22)26(32)23-11-5-6-17-28-23/h5-7,10-18,21,24H,2-4,8-9H2,1H3,(H,29,31)/t24-/m1/s1. The third kappa shape index (κ3) is 5.02. The second-order valence-corrected chi connectivity index (χ2v) is 8.26. The fraction of sp³-hybridized carbons (Fsp3) is 0.308. The summed E-state index contributed by atoms with van der Waals surface area (Å²) < 4.78 is 0. The van der Waals surface area contributed by atoms with Crippen LogP contribution in [-0.2, 0) is 4.79 Å². The van der Waals surface area contributed by atoms with Crippen molar-refractivity contribution >= 4 is 17.5 Å². The molecule has 0 saturated heterocycles. The third-order valence-corrected chi connectivity index (χ3v) is 5.88. The minimum Gasteiger partial charge on any atom is -0.351 e. The van der Waals surface area contributed by atoms with Gasteiger partial charge in [-0.25, -0.2) is 0 Å². The van der Waals surface area contributed by atoms with Crippen molar-refractivity contribution in [1.29, 1.82) is 0 Å². The Kier molecular flexibility index (Phi) is 6.90. The normalized spacial score (nSPS) is 15.0. The molecule has 1 aromatic carbocycles. The van der Waals surface area contributed by atoms with Gasteiger partial charge in [-0.3, -0.25) is 24.5 Å². The lowest BCUT2D eigenvalue weighted by atomic mass is 9.94. The molecule has 32 heavy (non-hydrogen) atoms. The zero-order chi connectivity index (χ0) is 22.3. The molecule has 4 rings (SSSR count). The van der Waals surface area contributed by atoms with Crippen LogP contribution in [0.1, 0.15) is 59.8 Å². The van der Waals surface area contributed by atoms with Crippen LogP contribution in [0.4, 0.5) is 5.69 Å². The number of benzene rings is 1. The highest BCUT2D eigenvalue weighted by molar-refractivity contribution is 6.09. The molecule has 2 heterocycles. The van der Waals surface area contributed by atoms with Crippen LogP contribution in [0.5, 0.6) is 0 Å². The second kappa shape index (κ2) is 10.2. The lowest BCUT2D eigenvalue weighted by Gasteiger charge is -2.33. The van der Waals surface area contributed by atoms with E-state index in [0.717, 1.165) is 36.8 Å². The highest BCUT2D eigenvalue weighted by Gasteiger charge is 2.35. The van der Waals surface area contributed by atoms with E-state index < -0.39 is 6.04 Å². The molecule has 1 aliphatic carbocycles. The number of amides is 2. The molecule has 1 saturated carbocycles. The van der Waals surface area contributed by atoms with Crippen molar-refractivity contribution in [1.82, 2.24) is 15.3 Å². The lowest BCUT2D eigenvalue weighted by Crippen LogP contribution is -2.47. The van der Waals surface area contributed by atoms with Gasteiger partial charge in [-0.05, 0) is 49.6 Å². The Morgan fingerprint density at radius 2 is 1.75 bits per heavy atom. The van der Waals surface area contributed by atoms with Crippen molar-refractivity contribution in [2.75, 3.05) is 4.90 Å². The van der Waals surface area contributed by atoms with E-state index >= 15 is 0 Å². The van der Waals surface area contributed by atoms with Crippen LogP contribution in [0.15, 0.2) is 73.2 Å². The number of carbonyl (C=O) groups is 2. The summed E-state index contributed by atoms with van der Waals surface area (Å²) in [4.78, 5) is 37.3. The molecule has 6 nitrogen and oxygen atoms in total. The quantitative estimate of drug-likeness (QED) is 0.622. The summed E-state index contributed by atoms with van der Waals surface area (Å²) in [5.74, 6) is -0.531. The van der Waals surface area contributed by atoms with Gasteiger partial charge in [-0.2, -0.15) is 0 Å². The Morgan fingerprint density at radius 1 is 0.969 bits per heavy atom. The minimum atomic E-state index is -0.837. The van der Waals surface area contributed by atoms with Crippen LogP contribution >= 0.6 is 0 Å². The van der Waals surface area contributed by atoms with Crippen LogP contribution in [-0.4, -0.2) is 27.8 Å². The van der Waals surface area contributed by atoms with Crippen molar-refractivity contribution in [3.05, 3.63) is 90.0 Å². The molecule has 0 radical (unpaired) electrons. The molecule has 0 unspecified atom stereocenters. The summed E-state index contributed by atoms with van der Waals surface area (Å²) in [5.41, 5.74) is 2.66. The highest BCUT2D eigenvalue weighted by Crippen LogP contribution is 2.30. The zero-order valence-electron chi connectivity index (χ0n) is 18.3. The first-order valence-electron chi connectivity index (χ1n) is 11.1. The molecule has 0 spiro atoms. The summed E-state index contributed by atoms with van der Waals surface area (Å²) in [6.45, 7) is 2.00. The maximum Gasteiger partial charge on any atom is 0.277 e. The zero-order valence-corrected chi connectivity index (χ0v) is 18.3. The smallest absolute Gasteiger partial charge is 0.277 e. The lowest BCUT2D eigenvalue weighted by molar-refractivity contribution is -0.123. The largest absolute Gasteiger partial charge is 0.351 e. The monoisotopic (exact) mass is 428 g/mol. The van der Waals surface area contributed by atoms with Crippen LogP contribution in [0.25, 0.3) is 0 Å². The van der Waals surface area contributed by atoms with Crippen molar-refractivity contribution in [3.63, 3.8) is 0 Å². The van der Waals surface area contributed by atoms with Gasteiger partial charge in [-0.15, -0.1) is 0 Å². The molecule has 1 aliphatic rings. The van der Waals surface area contributed by atoms with Gasteiger partial charge in [0.15, 0.2) is 0 Å². The Bertz CT molecular complexity index is 1030. The first kappa shape index (κ1) is 21.7. The number of hydrogen-bond acceptors (Lipinski definition) is 4. The van der Waals surface area contributed by atoms with E-state index in [2.05, 4.69) is 15.3 Å². The Balaban J connectivity index is 1.77. The van der Waals surface area contributed by atoms with E-state index in [0.29, 0.717) is 5.69 Å². The number of rotatable bonds is 6. The number of aryl methyl sites for hydroxylation is 1. The predicted octanol–water partition coefficient (Wildman–Crippen LogP) is 4.62. The molecule has 1 N–H and O–H groups in total. The Labute approximate surface area is 188 Å². The molecule has 2 aromatic heterocycles. The topological polar surface area (TPSA) is 75.2 Å². The number of nitrogens with one attached hydrogen (secondary N) is 1. The van der Waals surface area contributed by atoms with Gasteiger partial charge in [0.1, 0.15) is 11.7 Å². The summed E-state index contributed by atoms with van der Waals surface area (Å²) in [5, 5.41) is 3.21. The van der Waals surface area contributed by atoms with Gasteiger partial charge in [-0.1, -0.05) is 55.2 Å². The second-order valence-electron chi connectivity index (χ2n) is 8.26. The maximum absolute atomic E-state index is 13.7. The van der Waals surface area contributed by atoms with Gasteiger partial charge in [0.2, 0.25) is 5.91 Å². The number of nitrogens with zero attached hydrogens (tertiary/aromatic N) is 3. The van der Waals surface area contributed by atoms with Gasteiger partial charge < -0.3 is 5.32 Å².